The van der Waals surface area contributed by atoms with E-state index >= 15 is 0 Å². The highest BCUT2D eigenvalue weighted by atomic mass is 15.1. The number of nitriles is 1. The largest absolute Gasteiger partial charge is 0.354 e. The molecule has 0 fully saturated rings. The van der Waals surface area contributed by atoms with E-state index in [4.69, 9.17) is 5.26 Å². The Bertz CT molecular complexity index is 562. The predicted molar refractivity (Wildman–Crippen MR) is 63.4 cm³/mol. The molecule has 0 aliphatic carbocycles. The summed E-state index contributed by atoms with van der Waals surface area (Å²) in [6.07, 6.45) is 2.02. The van der Waals surface area contributed by atoms with Crippen LogP contribution in [0.3, 0.4) is 0 Å². The second-order valence-electron chi connectivity index (χ2n) is 3.98. The van der Waals surface area contributed by atoms with Gasteiger partial charge < -0.3 is 5.32 Å². The van der Waals surface area contributed by atoms with E-state index in [0.29, 0.717) is 0 Å². The Kier molecular flexibility index (Phi) is 2.53. The smallest absolute Gasteiger partial charge is 0.138 e. The highest BCUT2D eigenvalue weighted by Gasteiger charge is 2.10. The maximum Gasteiger partial charge on any atom is 0.138 e. The van der Waals surface area contributed by atoms with Crippen LogP contribution in [-0.2, 0) is 0 Å². The molecule has 82 valence electrons. The fourth-order valence-electron chi connectivity index (χ4n) is 1.68. The van der Waals surface area contributed by atoms with Gasteiger partial charge in [-0.1, -0.05) is 6.07 Å². The van der Waals surface area contributed by atoms with E-state index in [-0.39, 0.29) is 6.04 Å². The fourth-order valence-corrected chi connectivity index (χ4v) is 1.68. The van der Waals surface area contributed by atoms with Gasteiger partial charge in [-0.25, -0.2) is 4.98 Å². The second kappa shape index (κ2) is 3.86. The maximum absolute atomic E-state index is 8.81. The number of hydrogen-bond donors (Lipinski definition) is 1. The number of hydrogen-bond acceptors (Lipinski definition) is 3. The second-order valence-corrected chi connectivity index (χ2v) is 3.98. The summed E-state index contributed by atoms with van der Waals surface area (Å²) >= 11 is 0. The Labute approximate surface area is 94.5 Å². The average Bonchev–Trinajstić information content (AvgIpc) is 2.55. The SMILES string of the molecule is Cc1ccc2nc(C)c(N[C@H](C)C#N)n2c1. The quantitative estimate of drug-likeness (QED) is 0.834. The zero-order chi connectivity index (χ0) is 11.7. The van der Waals surface area contributed by atoms with Crippen LogP contribution in [-0.4, -0.2) is 15.4 Å². The Morgan fingerprint density at radius 2 is 2.19 bits per heavy atom. The van der Waals surface area contributed by atoms with Crippen LogP contribution >= 0.6 is 0 Å². The number of aromatic nitrogens is 2. The first-order valence-corrected chi connectivity index (χ1v) is 5.23. The van der Waals surface area contributed by atoms with Crippen molar-refractivity contribution in [2.45, 2.75) is 26.8 Å². The van der Waals surface area contributed by atoms with Crippen LogP contribution in [0.2, 0.25) is 0 Å². The van der Waals surface area contributed by atoms with Gasteiger partial charge in [-0.05, 0) is 32.4 Å². The van der Waals surface area contributed by atoms with Crippen molar-refractivity contribution in [3.8, 4) is 6.07 Å². The molecule has 4 nitrogen and oxygen atoms in total. The lowest BCUT2D eigenvalue weighted by Crippen LogP contribution is -2.14. The van der Waals surface area contributed by atoms with Gasteiger partial charge in [-0.2, -0.15) is 5.26 Å². The van der Waals surface area contributed by atoms with Gasteiger partial charge >= 0.3 is 0 Å². The van der Waals surface area contributed by atoms with Gasteiger partial charge in [0.15, 0.2) is 0 Å². The van der Waals surface area contributed by atoms with E-state index in [1.54, 1.807) is 0 Å². The van der Waals surface area contributed by atoms with Gasteiger partial charge in [-0.3, -0.25) is 4.40 Å². The van der Waals surface area contributed by atoms with Crippen molar-refractivity contribution in [2.24, 2.45) is 0 Å². The maximum atomic E-state index is 8.81. The summed E-state index contributed by atoms with van der Waals surface area (Å²) < 4.78 is 1.98. The fraction of sp³-hybridized carbons (Fsp3) is 0.333. The molecule has 0 aliphatic heterocycles. The summed E-state index contributed by atoms with van der Waals surface area (Å²) in [6.45, 7) is 5.80. The molecule has 0 radical (unpaired) electrons. The highest BCUT2D eigenvalue weighted by molar-refractivity contribution is 5.56. The van der Waals surface area contributed by atoms with Crippen molar-refractivity contribution >= 4 is 11.5 Å². The molecule has 0 unspecified atom stereocenters. The summed E-state index contributed by atoms with van der Waals surface area (Å²) in [5.74, 6) is 0.896. The Morgan fingerprint density at radius 1 is 1.44 bits per heavy atom. The molecule has 0 aliphatic rings. The van der Waals surface area contributed by atoms with Gasteiger partial charge in [0, 0.05) is 6.20 Å². The first-order valence-electron chi connectivity index (χ1n) is 5.23. The third kappa shape index (κ3) is 1.72. The van der Waals surface area contributed by atoms with Crippen molar-refractivity contribution in [2.75, 3.05) is 5.32 Å². The summed E-state index contributed by atoms with van der Waals surface area (Å²) in [5, 5.41) is 12.0. The molecule has 0 saturated heterocycles. The first kappa shape index (κ1) is 10.5. The van der Waals surface area contributed by atoms with Crippen LogP contribution in [0.25, 0.3) is 5.65 Å². The summed E-state index contributed by atoms with van der Waals surface area (Å²) in [4.78, 5) is 4.43. The minimum atomic E-state index is -0.223. The number of nitrogens with one attached hydrogen (secondary N) is 1. The molecule has 0 saturated carbocycles. The van der Waals surface area contributed by atoms with Crippen molar-refractivity contribution in [3.05, 3.63) is 29.6 Å². The van der Waals surface area contributed by atoms with Crippen molar-refractivity contribution < 1.29 is 0 Å². The van der Waals surface area contributed by atoms with Gasteiger partial charge in [0.2, 0.25) is 0 Å². The highest BCUT2D eigenvalue weighted by Crippen LogP contribution is 2.18. The molecule has 4 heteroatoms. The van der Waals surface area contributed by atoms with Crippen LogP contribution in [0.15, 0.2) is 18.3 Å². The summed E-state index contributed by atoms with van der Waals surface area (Å²) in [6, 6.07) is 5.94. The van der Waals surface area contributed by atoms with Crippen molar-refractivity contribution in [1.29, 1.82) is 5.26 Å². The molecule has 0 aromatic carbocycles. The van der Waals surface area contributed by atoms with E-state index in [1.165, 1.54) is 0 Å². The van der Waals surface area contributed by atoms with E-state index in [0.717, 1.165) is 22.7 Å². The van der Waals surface area contributed by atoms with Crippen LogP contribution < -0.4 is 5.32 Å². The summed E-state index contributed by atoms with van der Waals surface area (Å²) in [5.41, 5.74) is 2.97. The van der Waals surface area contributed by atoms with E-state index < -0.39 is 0 Å². The number of anilines is 1. The molecule has 2 aromatic heterocycles. The Morgan fingerprint density at radius 3 is 2.88 bits per heavy atom. The average molecular weight is 214 g/mol. The van der Waals surface area contributed by atoms with Crippen molar-refractivity contribution in [3.63, 3.8) is 0 Å². The number of aryl methyl sites for hydroxylation is 2. The molecular weight excluding hydrogens is 200 g/mol. The molecule has 2 aromatic rings. The lowest BCUT2D eigenvalue weighted by Gasteiger charge is -2.08. The number of nitrogens with zero attached hydrogens (tertiary/aromatic N) is 3. The standard InChI is InChI=1S/C12H14N4/c1-8-4-5-11-15-10(3)12(16(11)7-8)14-9(2)6-13/h4-5,7,9,14H,1-3H3/t9-/m1/s1. The molecule has 1 atom stereocenters. The molecular formula is C12H14N4. The topological polar surface area (TPSA) is 53.1 Å². The molecule has 0 bridgehead atoms. The van der Waals surface area contributed by atoms with E-state index in [2.05, 4.69) is 16.4 Å². The normalized spacial score (nSPS) is 12.4. The molecule has 0 amide bonds. The predicted octanol–water partition coefficient (Wildman–Crippen LogP) is 2.28. The van der Waals surface area contributed by atoms with Crippen LogP contribution in [0.1, 0.15) is 18.2 Å². The third-order valence-electron chi connectivity index (χ3n) is 2.49. The minimum absolute atomic E-state index is 0.223. The van der Waals surface area contributed by atoms with Gasteiger partial charge in [-0.15, -0.1) is 0 Å². The lowest BCUT2D eigenvalue weighted by atomic mass is 10.3. The van der Waals surface area contributed by atoms with Gasteiger partial charge in [0.25, 0.3) is 0 Å². The number of rotatable bonds is 2. The molecule has 16 heavy (non-hydrogen) atoms. The molecule has 1 N–H and O–H groups in total. The minimum Gasteiger partial charge on any atom is -0.354 e. The van der Waals surface area contributed by atoms with Crippen LogP contribution in [0, 0.1) is 25.2 Å². The zero-order valence-corrected chi connectivity index (χ0v) is 9.65. The number of fused-ring (bicyclic) bond motifs is 1. The van der Waals surface area contributed by atoms with Gasteiger partial charge in [0.1, 0.15) is 17.5 Å². The van der Waals surface area contributed by atoms with E-state index in [1.807, 2.05) is 43.5 Å². The number of imidazole rings is 1. The van der Waals surface area contributed by atoms with Crippen molar-refractivity contribution in [1.82, 2.24) is 9.38 Å². The van der Waals surface area contributed by atoms with Crippen LogP contribution in [0.5, 0.6) is 0 Å². The third-order valence-corrected chi connectivity index (χ3v) is 2.49. The molecule has 0 spiro atoms. The Hall–Kier alpha value is -2.02. The summed E-state index contributed by atoms with van der Waals surface area (Å²) in [7, 11) is 0. The monoisotopic (exact) mass is 214 g/mol. The molecule has 2 rings (SSSR count). The first-order chi connectivity index (χ1) is 7.61. The zero-order valence-electron chi connectivity index (χ0n) is 9.65. The van der Waals surface area contributed by atoms with Gasteiger partial charge in [0.05, 0.1) is 11.8 Å². The van der Waals surface area contributed by atoms with Crippen LogP contribution in [0.4, 0.5) is 5.82 Å². The number of pyridine rings is 1. The molecule has 2 heterocycles. The van der Waals surface area contributed by atoms with E-state index in [9.17, 15) is 0 Å². The Balaban J connectivity index is 2.55. The lowest BCUT2D eigenvalue weighted by molar-refractivity contribution is 0.976.